The molecule has 1 nitrogen and oxygen atoms in total. The van der Waals surface area contributed by atoms with Crippen LogP contribution in [0.5, 0.6) is 0 Å². The Morgan fingerprint density at radius 2 is 2.00 bits per heavy atom. The van der Waals surface area contributed by atoms with Crippen LogP contribution in [0.2, 0.25) is 0 Å². The molecule has 66 valence electrons. The Kier molecular flexibility index (Phi) is 2.82. The summed E-state index contributed by atoms with van der Waals surface area (Å²) in [5, 5.41) is 0. The first kappa shape index (κ1) is 8.91. The van der Waals surface area contributed by atoms with Crippen molar-refractivity contribution in [2.24, 2.45) is 17.6 Å². The van der Waals surface area contributed by atoms with Crippen molar-refractivity contribution in [2.75, 3.05) is 0 Å². The zero-order valence-corrected chi connectivity index (χ0v) is 6.76. The lowest BCUT2D eigenvalue weighted by Crippen LogP contribution is -2.36. The molecule has 1 aliphatic carbocycles. The third-order valence-corrected chi connectivity index (χ3v) is 2.63. The molecule has 0 bridgehead atoms. The molecule has 0 saturated heterocycles. The van der Waals surface area contributed by atoms with Gasteiger partial charge in [0.05, 0.1) is 0 Å². The van der Waals surface area contributed by atoms with Gasteiger partial charge in [-0.25, -0.2) is 8.78 Å². The fourth-order valence-corrected chi connectivity index (χ4v) is 1.69. The van der Waals surface area contributed by atoms with E-state index < -0.39 is 12.3 Å². The first-order valence-electron chi connectivity index (χ1n) is 4.15. The largest absolute Gasteiger partial charge is 0.327 e. The van der Waals surface area contributed by atoms with E-state index in [1.807, 2.05) is 6.92 Å². The van der Waals surface area contributed by atoms with Gasteiger partial charge < -0.3 is 5.73 Å². The summed E-state index contributed by atoms with van der Waals surface area (Å²) in [6.45, 7) is 1.96. The molecule has 11 heavy (non-hydrogen) atoms. The van der Waals surface area contributed by atoms with Crippen molar-refractivity contribution < 1.29 is 8.78 Å². The molecule has 0 aromatic rings. The highest BCUT2D eigenvalue weighted by Crippen LogP contribution is 2.31. The van der Waals surface area contributed by atoms with Gasteiger partial charge in [-0.1, -0.05) is 6.92 Å². The molecule has 2 N–H and O–H groups in total. The fourth-order valence-electron chi connectivity index (χ4n) is 1.69. The van der Waals surface area contributed by atoms with Crippen LogP contribution in [0.15, 0.2) is 0 Å². The van der Waals surface area contributed by atoms with Gasteiger partial charge in [0.2, 0.25) is 6.43 Å². The Balaban J connectivity index is 2.40. The molecule has 0 amide bonds. The average molecular weight is 163 g/mol. The molecule has 3 unspecified atom stereocenters. The molecular weight excluding hydrogens is 148 g/mol. The van der Waals surface area contributed by atoms with E-state index in [0.29, 0.717) is 12.8 Å². The van der Waals surface area contributed by atoms with Crippen LogP contribution in [0, 0.1) is 11.8 Å². The van der Waals surface area contributed by atoms with Crippen molar-refractivity contribution in [3.05, 3.63) is 0 Å². The van der Waals surface area contributed by atoms with Crippen LogP contribution in [0.3, 0.4) is 0 Å². The number of alkyl halides is 2. The Morgan fingerprint density at radius 3 is 2.45 bits per heavy atom. The molecule has 1 aliphatic rings. The number of hydrogen-bond donors (Lipinski definition) is 1. The Morgan fingerprint density at radius 1 is 1.36 bits per heavy atom. The lowest BCUT2D eigenvalue weighted by molar-refractivity contribution is 0.0398. The SMILES string of the molecule is CC1CC(C(F)F)CCC1N. The second kappa shape index (κ2) is 3.48. The van der Waals surface area contributed by atoms with E-state index >= 15 is 0 Å². The minimum atomic E-state index is -2.15. The molecule has 0 aromatic heterocycles. The highest BCUT2D eigenvalue weighted by molar-refractivity contribution is 4.80. The van der Waals surface area contributed by atoms with Gasteiger partial charge in [0.15, 0.2) is 0 Å². The molecule has 1 fully saturated rings. The summed E-state index contributed by atoms with van der Waals surface area (Å²) < 4.78 is 24.4. The van der Waals surface area contributed by atoms with Crippen molar-refractivity contribution in [2.45, 2.75) is 38.7 Å². The number of halogens is 2. The van der Waals surface area contributed by atoms with Gasteiger partial charge >= 0.3 is 0 Å². The smallest absolute Gasteiger partial charge is 0.241 e. The van der Waals surface area contributed by atoms with E-state index in [1.165, 1.54) is 0 Å². The summed E-state index contributed by atoms with van der Waals surface area (Å²) in [5.41, 5.74) is 5.70. The summed E-state index contributed by atoms with van der Waals surface area (Å²) in [5.74, 6) is -0.132. The molecule has 1 saturated carbocycles. The number of hydrogen-bond acceptors (Lipinski definition) is 1. The van der Waals surface area contributed by atoms with Crippen LogP contribution in [-0.2, 0) is 0 Å². The van der Waals surface area contributed by atoms with Gasteiger partial charge in [-0.15, -0.1) is 0 Å². The van der Waals surface area contributed by atoms with Crippen molar-refractivity contribution in [3.63, 3.8) is 0 Å². The Labute approximate surface area is 66.0 Å². The van der Waals surface area contributed by atoms with Crippen LogP contribution in [0.25, 0.3) is 0 Å². The first-order chi connectivity index (χ1) is 5.11. The van der Waals surface area contributed by atoms with E-state index in [9.17, 15) is 8.78 Å². The summed E-state index contributed by atoms with van der Waals surface area (Å²) >= 11 is 0. The van der Waals surface area contributed by atoms with Gasteiger partial charge in [0.25, 0.3) is 0 Å². The third-order valence-electron chi connectivity index (χ3n) is 2.63. The quantitative estimate of drug-likeness (QED) is 0.628. The van der Waals surface area contributed by atoms with Crippen LogP contribution in [0.1, 0.15) is 26.2 Å². The molecule has 0 aromatic carbocycles. The maximum atomic E-state index is 12.2. The molecule has 0 heterocycles. The maximum Gasteiger partial charge on any atom is 0.241 e. The van der Waals surface area contributed by atoms with Crippen LogP contribution >= 0.6 is 0 Å². The fraction of sp³-hybridized carbons (Fsp3) is 1.00. The van der Waals surface area contributed by atoms with E-state index in [2.05, 4.69) is 0 Å². The average Bonchev–Trinajstić information content (AvgIpc) is 1.94. The molecule has 0 spiro atoms. The number of nitrogens with two attached hydrogens (primary N) is 1. The van der Waals surface area contributed by atoms with Crippen molar-refractivity contribution in [1.82, 2.24) is 0 Å². The molecule has 1 rings (SSSR count). The van der Waals surface area contributed by atoms with Crippen molar-refractivity contribution in [1.29, 1.82) is 0 Å². The summed E-state index contributed by atoms with van der Waals surface area (Å²) in [6.07, 6.45) is -0.192. The standard InChI is InChI=1S/C8H15F2N/c1-5-4-6(8(9)10)2-3-7(5)11/h5-8H,2-4,11H2,1H3. The molecule has 3 atom stereocenters. The van der Waals surface area contributed by atoms with Gasteiger partial charge in [0, 0.05) is 12.0 Å². The highest BCUT2D eigenvalue weighted by atomic mass is 19.3. The normalized spacial score (nSPS) is 39.5. The van der Waals surface area contributed by atoms with Crippen LogP contribution in [0.4, 0.5) is 8.78 Å². The monoisotopic (exact) mass is 163 g/mol. The summed E-state index contributed by atoms with van der Waals surface area (Å²) in [7, 11) is 0. The first-order valence-corrected chi connectivity index (χ1v) is 4.15. The lowest BCUT2D eigenvalue weighted by atomic mass is 9.79. The minimum Gasteiger partial charge on any atom is -0.327 e. The molecule has 3 heteroatoms. The van der Waals surface area contributed by atoms with Gasteiger partial charge in [-0.3, -0.25) is 0 Å². The maximum absolute atomic E-state index is 12.2. The van der Waals surface area contributed by atoms with Gasteiger partial charge in [-0.05, 0) is 25.2 Å². The molecule has 0 aliphatic heterocycles. The number of rotatable bonds is 1. The Hall–Kier alpha value is -0.180. The topological polar surface area (TPSA) is 26.0 Å². The molecular formula is C8H15F2N. The van der Waals surface area contributed by atoms with E-state index in [-0.39, 0.29) is 12.0 Å². The third kappa shape index (κ3) is 2.12. The zero-order chi connectivity index (χ0) is 8.43. The van der Waals surface area contributed by atoms with Gasteiger partial charge in [-0.2, -0.15) is 0 Å². The highest BCUT2D eigenvalue weighted by Gasteiger charge is 2.30. The minimum absolute atomic E-state index is 0.144. The van der Waals surface area contributed by atoms with Crippen LogP contribution < -0.4 is 5.73 Å². The zero-order valence-electron chi connectivity index (χ0n) is 6.76. The van der Waals surface area contributed by atoms with E-state index in [0.717, 1.165) is 6.42 Å². The predicted molar refractivity (Wildman–Crippen MR) is 40.5 cm³/mol. The Bertz CT molecular complexity index is 127. The second-order valence-corrected chi connectivity index (χ2v) is 3.55. The second-order valence-electron chi connectivity index (χ2n) is 3.55. The predicted octanol–water partition coefficient (Wildman–Crippen LogP) is 2.02. The van der Waals surface area contributed by atoms with Crippen molar-refractivity contribution in [3.8, 4) is 0 Å². The molecule has 0 radical (unpaired) electrons. The van der Waals surface area contributed by atoms with Crippen LogP contribution in [-0.4, -0.2) is 12.5 Å². The van der Waals surface area contributed by atoms with E-state index in [4.69, 9.17) is 5.73 Å². The van der Waals surface area contributed by atoms with Crippen molar-refractivity contribution >= 4 is 0 Å². The summed E-state index contributed by atoms with van der Waals surface area (Å²) in [4.78, 5) is 0. The lowest BCUT2D eigenvalue weighted by Gasteiger charge is -2.31. The van der Waals surface area contributed by atoms with E-state index in [1.54, 1.807) is 0 Å². The van der Waals surface area contributed by atoms with Gasteiger partial charge in [0.1, 0.15) is 0 Å². The summed E-state index contributed by atoms with van der Waals surface area (Å²) in [6, 6.07) is 0.144.